The van der Waals surface area contributed by atoms with Crippen molar-refractivity contribution in [2.75, 3.05) is 11.3 Å². The van der Waals surface area contributed by atoms with E-state index in [2.05, 4.69) is 4.72 Å². The number of anilines is 1. The number of thiophene rings is 1. The van der Waals surface area contributed by atoms with Gasteiger partial charge < -0.3 is 5.11 Å². The predicted octanol–water partition coefficient (Wildman–Crippen LogP) is 3.39. The molecule has 2 N–H and O–H groups in total. The molecule has 2 aromatic rings. The Kier molecular flexibility index (Phi) is 4.93. The molecule has 2 rings (SSSR count). The standard InChI is InChI=1S/C12H11Cl2NO3S2/c13-8-1-3-10(14)11(7-8)15-20(17,18)12-4-2-9(19-12)5-6-16/h1-4,7,15-16H,5-6H2. The number of nitrogens with one attached hydrogen (secondary N) is 1. The van der Waals surface area contributed by atoms with Crippen molar-refractivity contribution in [2.45, 2.75) is 10.6 Å². The molecule has 0 amide bonds. The van der Waals surface area contributed by atoms with Crippen LogP contribution < -0.4 is 4.72 Å². The summed E-state index contributed by atoms with van der Waals surface area (Å²) in [5, 5.41) is 9.50. The minimum atomic E-state index is -3.71. The van der Waals surface area contributed by atoms with Crippen LogP contribution in [0.4, 0.5) is 5.69 Å². The van der Waals surface area contributed by atoms with Crippen LogP contribution in [0.2, 0.25) is 10.0 Å². The largest absolute Gasteiger partial charge is 0.396 e. The van der Waals surface area contributed by atoms with Crippen molar-refractivity contribution < 1.29 is 13.5 Å². The summed E-state index contributed by atoms with van der Waals surface area (Å²) in [7, 11) is -3.71. The fraction of sp³-hybridized carbons (Fsp3) is 0.167. The zero-order valence-corrected chi connectivity index (χ0v) is 13.3. The van der Waals surface area contributed by atoms with Crippen LogP contribution in [-0.2, 0) is 16.4 Å². The third kappa shape index (κ3) is 3.65. The van der Waals surface area contributed by atoms with Crippen molar-refractivity contribution in [2.24, 2.45) is 0 Å². The molecule has 0 aliphatic carbocycles. The summed E-state index contributed by atoms with van der Waals surface area (Å²) in [6.07, 6.45) is 0.429. The van der Waals surface area contributed by atoms with Gasteiger partial charge in [0.15, 0.2) is 0 Å². The molecule has 1 aromatic carbocycles. The minimum Gasteiger partial charge on any atom is -0.396 e. The molecule has 4 nitrogen and oxygen atoms in total. The Morgan fingerprint density at radius 3 is 2.65 bits per heavy atom. The lowest BCUT2D eigenvalue weighted by atomic mass is 10.3. The fourth-order valence-electron chi connectivity index (χ4n) is 1.52. The number of halogens is 2. The lowest BCUT2D eigenvalue weighted by molar-refractivity contribution is 0.300. The van der Waals surface area contributed by atoms with Crippen molar-refractivity contribution >= 4 is 50.2 Å². The second kappa shape index (κ2) is 6.32. The molecule has 0 aliphatic rings. The first kappa shape index (κ1) is 15.6. The van der Waals surface area contributed by atoms with Crippen LogP contribution in [0, 0.1) is 0 Å². The fourth-order valence-corrected chi connectivity index (χ4v) is 4.33. The first-order valence-corrected chi connectivity index (χ1v) is 8.65. The van der Waals surface area contributed by atoms with Gasteiger partial charge in [-0.3, -0.25) is 4.72 Å². The van der Waals surface area contributed by atoms with Crippen LogP contribution in [0.3, 0.4) is 0 Å². The Labute approximate surface area is 131 Å². The van der Waals surface area contributed by atoms with Crippen LogP contribution in [0.15, 0.2) is 34.5 Å². The summed E-state index contributed by atoms with van der Waals surface area (Å²) >= 11 is 12.9. The number of rotatable bonds is 5. The van der Waals surface area contributed by atoms with E-state index in [0.29, 0.717) is 11.4 Å². The molecule has 0 saturated carbocycles. The van der Waals surface area contributed by atoms with E-state index in [-0.39, 0.29) is 21.5 Å². The van der Waals surface area contributed by atoms with Gasteiger partial charge >= 0.3 is 0 Å². The van der Waals surface area contributed by atoms with Crippen molar-refractivity contribution in [3.05, 3.63) is 45.3 Å². The van der Waals surface area contributed by atoms with E-state index in [9.17, 15) is 8.42 Å². The number of hydrogen-bond donors (Lipinski definition) is 2. The topological polar surface area (TPSA) is 66.4 Å². The second-order valence-corrected chi connectivity index (χ2v) is 7.85. The average Bonchev–Trinajstić information content (AvgIpc) is 2.83. The van der Waals surface area contributed by atoms with Crippen molar-refractivity contribution in [3.8, 4) is 0 Å². The van der Waals surface area contributed by atoms with Crippen LogP contribution >= 0.6 is 34.5 Å². The Balaban J connectivity index is 2.28. The maximum atomic E-state index is 12.2. The lowest BCUT2D eigenvalue weighted by Gasteiger charge is -2.08. The van der Waals surface area contributed by atoms with Crippen LogP contribution in [0.25, 0.3) is 0 Å². The highest BCUT2D eigenvalue weighted by Gasteiger charge is 2.18. The van der Waals surface area contributed by atoms with E-state index in [1.54, 1.807) is 12.1 Å². The summed E-state index contributed by atoms with van der Waals surface area (Å²) in [4.78, 5) is 0.796. The SMILES string of the molecule is O=S(=O)(Nc1cc(Cl)ccc1Cl)c1ccc(CCO)s1. The van der Waals surface area contributed by atoms with Gasteiger partial charge in [0.05, 0.1) is 10.7 Å². The molecule has 0 aliphatic heterocycles. The van der Waals surface area contributed by atoms with E-state index in [1.807, 2.05) is 0 Å². The van der Waals surface area contributed by atoms with Gasteiger partial charge in [0.2, 0.25) is 0 Å². The monoisotopic (exact) mass is 351 g/mol. The Bertz CT molecular complexity index is 713. The summed E-state index contributed by atoms with van der Waals surface area (Å²) < 4.78 is 27.0. The minimum absolute atomic E-state index is 0.0203. The number of benzene rings is 1. The average molecular weight is 352 g/mol. The van der Waals surface area contributed by atoms with Crippen LogP contribution in [0.1, 0.15) is 4.88 Å². The van der Waals surface area contributed by atoms with Gasteiger partial charge in [-0.2, -0.15) is 0 Å². The lowest BCUT2D eigenvalue weighted by Crippen LogP contribution is -2.11. The smallest absolute Gasteiger partial charge is 0.271 e. The molecule has 0 bridgehead atoms. The molecule has 0 fully saturated rings. The van der Waals surface area contributed by atoms with E-state index in [4.69, 9.17) is 28.3 Å². The Morgan fingerprint density at radius 1 is 1.20 bits per heavy atom. The maximum absolute atomic E-state index is 12.2. The number of aliphatic hydroxyl groups is 1. The Morgan fingerprint density at radius 2 is 1.95 bits per heavy atom. The predicted molar refractivity (Wildman–Crippen MR) is 82.4 cm³/mol. The highest BCUT2D eigenvalue weighted by atomic mass is 35.5. The number of hydrogen-bond acceptors (Lipinski definition) is 4. The molecule has 0 saturated heterocycles. The quantitative estimate of drug-likeness (QED) is 0.867. The highest BCUT2D eigenvalue weighted by molar-refractivity contribution is 7.94. The van der Waals surface area contributed by atoms with Gasteiger partial charge in [0, 0.05) is 22.9 Å². The molecule has 1 heterocycles. The molecule has 0 atom stereocenters. The van der Waals surface area contributed by atoms with Crippen LogP contribution in [0.5, 0.6) is 0 Å². The van der Waals surface area contributed by atoms with Gasteiger partial charge in [-0.25, -0.2) is 8.42 Å². The van der Waals surface area contributed by atoms with Crippen molar-refractivity contribution in [1.29, 1.82) is 0 Å². The molecule has 8 heteroatoms. The van der Waals surface area contributed by atoms with Gasteiger partial charge in [-0.15, -0.1) is 11.3 Å². The maximum Gasteiger partial charge on any atom is 0.271 e. The van der Waals surface area contributed by atoms with Gasteiger partial charge in [0.1, 0.15) is 4.21 Å². The molecule has 0 spiro atoms. The molecule has 0 unspecified atom stereocenters. The molecule has 108 valence electrons. The first-order chi connectivity index (χ1) is 9.42. The molecule has 1 aromatic heterocycles. The van der Waals surface area contributed by atoms with Crippen LogP contribution in [-0.4, -0.2) is 20.1 Å². The van der Waals surface area contributed by atoms with Crippen molar-refractivity contribution in [3.63, 3.8) is 0 Å². The third-order valence-corrected chi connectivity index (χ3v) is 6.00. The van der Waals surface area contributed by atoms with Gasteiger partial charge in [-0.05, 0) is 30.3 Å². The summed E-state index contributed by atoms with van der Waals surface area (Å²) in [6, 6.07) is 7.72. The van der Waals surface area contributed by atoms with Gasteiger partial charge in [-0.1, -0.05) is 23.2 Å². The summed E-state index contributed by atoms with van der Waals surface area (Å²) in [5.74, 6) is 0. The number of sulfonamides is 1. The first-order valence-electron chi connectivity index (χ1n) is 5.60. The summed E-state index contributed by atoms with van der Waals surface area (Å²) in [5.41, 5.74) is 0.233. The molecule has 0 radical (unpaired) electrons. The van der Waals surface area contributed by atoms with E-state index in [1.165, 1.54) is 18.2 Å². The highest BCUT2D eigenvalue weighted by Crippen LogP contribution is 2.29. The van der Waals surface area contributed by atoms with Crippen molar-refractivity contribution in [1.82, 2.24) is 0 Å². The normalized spacial score (nSPS) is 11.6. The Hall–Kier alpha value is -0.790. The zero-order chi connectivity index (χ0) is 14.8. The van der Waals surface area contributed by atoms with Gasteiger partial charge in [0.25, 0.3) is 10.0 Å². The second-order valence-electron chi connectivity index (χ2n) is 3.92. The van der Waals surface area contributed by atoms with E-state index in [0.717, 1.165) is 16.2 Å². The van der Waals surface area contributed by atoms with E-state index >= 15 is 0 Å². The van der Waals surface area contributed by atoms with E-state index < -0.39 is 10.0 Å². The summed E-state index contributed by atoms with van der Waals surface area (Å²) in [6.45, 7) is -0.0203. The number of aliphatic hydroxyl groups excluding tert-OH is 1. The molecular weight excluding hydrogens is 341 g/mol. The third-order valence-electron chi connectivity index (χ3n) is 2.43. The zero-order valence-electron chi connectivity index (χ0n) is 10.1. The molecular formula is C12H11Cl2NO3S2. The molecule has 20 heavy (non-hydrogen) atoms.